The Morgan fingerprint density at radius 3 is 1.04 bits per heavy atom. The maximum Gasteiger partial charge on any atom is 0.472 e. The fraction of sp³-hybridized carbons (Fsp3) is 0.855. The monoisotopic (exact) mass is 1070 g/mol. The normalized spacial score (nSPS) is 13.5. The summed E-state index contributed by atoms with van der Waals surface area (Å²) in [6.07, 6.45) is 59.5. The average Bonchev–Trinajstić information content (AvgIpc) is 3.39. The number of ether oxygens (including phenoxy) is 3. The number of carbonyl (C=O) groups is 3. The lowest BCUT2D eigenvalue weighted by atomic mass is 10.0. The highest BCUT2D eigenvalue weighted by Gasteiger charge is 2.28. The number of unbranched alkanes of at least 4 members (excludes halogenated alkanes) is 35. The molecule has 74 heavy (non-hydrogen) atoms. The van der Waals surface area contributed by atoms with Crippen LogP contribution in [-0.2, 0) is 42.2 Å². The third kappa shape index (κ3) is 54.5. The highest BCUT2D eigenvalue weighted by atomic mass is 31.2. The maximum absolute atomic E-state index is 12.9. The number of esters is 3. The number of carbonyl (C=O) groups excluding carboxylic acids is 3. The van der Waals surface area contributed by atoms with Crippen LogP contribution in [0.15, 0.2) is 36.5 Å². The van der Waals surface area contributed by atoms with Crippen molar-refractivity contribution in [2.24, 2.45) is 0 Å². The minimum Gasteiger partial charge on any atom is -0.462 e. The fourth-order valence-electron chi connectivity index (χ4n) is 8.84. The second kappa shape index (κ2) is 56.9. The standard InChI is InChI=1S/C62H115O11P/c1-4-7-10-13-16-19-22-24-26-28-29-31-32-34-37-39-42-45-48-51-60(64)69-55-59(73-62(66)53-50-47-44-41-38-35-33-30-27-25-23-20-17-14-11-8-5-2)57-71-74(67,68)70-56-58(54-63)72-61(65)52-49-46-43-40-36-21-18-15-12-9-6-3/h16,19,24,26,29,31,58-59,63H,4-15,17-18,20-23,25,27-28,30,32-57H2,1-3H3,(H,67,68)/b19-16-,26-24-,31-29-. The van der Waals surface area contributed by atoms with E-state index in [2.05, 4.69) is 57.2 Å². The molecule has 434 valence electrons. The summed E-state index contributed by atoms with van der Waals surface area (Å²) < 4.78 is 39.6. The van der Waals surface area contributed by atoms with Gasteiger partial charge in [-0.15, -0.1) is 0 Å². The molecular formula is C62H115O11P. The Hall–Kier alpha value is -2.30. The van der Waals surface area contributed by atoms with Crippen LogP contribution in [0, 0.1) is 0 Å². The van der Waals surface area contributed by atoms with Crippen LogP contribution in [0.3, 0.4) is 0 Å². The van der Waals surface area contributed by atoms with E-state index < -0.39 is 57.8 Å². The topological polar surface area (TPSA) is 155 Å². The second-order valence-electron chi connectivity index (χ2n) is 20.9. The van der Waals surface area contributed by atoms with Gasteiger partial charge in [-0.1, -0.05) is 263 Å². The van der Waals surface area contributed by atoms with Crippen LogP contribution in [0.1, 0.15) is 303 Å². The van der Waals surface area contributed by atoms with Crippen LogP contribution >= 0.6 is 7.82 Å². The Kier molecular flexibility index (Phi) is 55.1. The molecule has 0 spiro atoms. The molecule has 0 radical (unpaired) electrons. The van der Waals surface area contributed by atoms with Gasteiger partial charge in [0.1, 0.15) is 12.7 Å². The Morgan fingerprint density at radius 2 is 0.662 bits per heavy atom. The van der Waals surface area contributed by atoms with Crippen LogP contribution < -0.4 is 0 Å². The smallest absolute Gasteiger partial charge is 0.462 e. The van der Waals surface area contributed by atoms with E-state index in [9.17, 15) is 28.9 Å². The lowest BCUT2D eigenvalue weighted by molar-refractivity contribution is -0.161. The molecule has 0 aromatic carbocycles. The van der Waals surface area contributed by atoms with E-state index in [4.69, 9.17) is 23.3 Å². The van der Waals surface area contributed by atoms with Crippen molar-refractivity contribution < 1.29 is 52.2 Å². The molecule has 11 nitrogen and oxygen atoms in total. The van der Waals surface area contributed by atoms with E-state index >= 15 is 0 Å². The lowest BCUT2D eigenvalue weighted by Crippen LogP contribution is -2.30. The zero-order valence-corrected chi connectivity index (χ0v) is 49.0. The van der Waals surface area contributed by atoms with Gasteiger partial charge in [-0.05, 0) is 57.8 Å². The van der Waals surface area contributed by atoms with Crippen molar-refractivity contribution in [2.45, 2.75) is 315 Å². The number of hydrogen-bond donors (Lipinski definition) is 2. The largest absolute Gasteiger partial charge is 0.472 e. The van der Waals surface area contributed by atoms with Gasteiger partial charge in [0.25, 0.3) is 0 Å². The number of phosphoric ester groups is 1. The predicted octanol–water partition coefficient (Wildman–Crippen LogP) is 18.4. The molecular weight excluding hydrogens is 952 g/mol. The Balaban J connectivity index is 4.69. The van der Waals surface area contributed by atoms with Crippen molar-refractivity contribution in [1.29, 1.82) is 0 Å². The third-order valence-corrected chi connectivity index (χ3v) is 14.5. The van der Waals surface area contributed by atoms with Crippen molar-refractivity contribution in [1.82, 2.24) is 0 Å². The number of phosphoric acid groups is 1. The van der Waals surface area contributed by atoms with Crippen molar-refractivity contribution in [3.8, 4) is 0 Å². The van der Waals surface area contributed by atoms with Gasteiger partial charge in [0.05, 0.1) is 19.8 Å². The summed E-state index contributed by atoms with van der Waals surface area (Å²) in [4.78, 5) is 48.6. The van der Waals surface area contributed by atoms with Crippen LogP contribution in [0.25, 0.3) is 0 Å². The predicted molar refractivity (Wildman–Crippen MR) is 307 cm³/mol. The van der Waals surface area contributed by atoms with E-state index in [1.807, 2.05) is 0 Å². The summed E-state index contributed by atoms with van der Waals surface area (Å²) in [7, 11) is -4.74. The quantitative estimate of drug-likeness (QED) is 0.0197. The number of allylic oxidation sites excluding steroid dienone is 6. The average molecular weight is 1070 g/mol. The SMILES string of the molecule is CCCCC/C=C\C/C=C\C/C=C\CCCCCCCCC(=O)OCC(COP(=O)(O)OCC(CO)OC(=O)CCCCCCCCCCCCC)OC(=O)CCCCCCCCCCCCCCCCCCC. The van der Waals surface area contributed by atoms with Crippen molar-refractivity contribution in [3.05, 3.63) is 36.5 Å². The molecule has 0 aliphatic rings. The molecule has 0 aliphatic heterocycles. The van der Waals surface area contributed by atoms with Crippen molar-refractivity contribution >= 4 is 25.7 Å². The Bertz CT molecular complexity index is 1380. The first-order chi connectivity index (χ1) is 36.2. The Labute approximate surface area is 454 Å². The van der Waals surface area contributed by atoms with E-state index in [0.717, 1.165) is 89.9 Å². The van der Waals surface area contributed by atoms with E-state index in [1.165, 1.54) is 154 Å². The van der Waals surface area contributed by atoms with Crippen LogP contribution in [0.2, 0.25) is 0 Å². The third-order valence-electron chi connectivity index (χ3n) is 13.6. The minimum atomic E-state index is -4.74. The molecule has 0 heterocycles. The molecule has 0 aromatic rings. The van der Waals surface area contributed by atoms with Gasteiger partial charge in [0.15, 0.2) is 6.10 Å². The zero-order chi connectivity index (χ0) is 54.1. The summed E-state index contributed by atoms with van der Waals surface area (Å²) in [5.41, 5.74) is 0. The molecule has 0 aromatic heterocycles. The molecule has 3 unspecified atom stereocenters. The number of hydrogen-bond acceptors (Lipinski definition) is 10. The molecule has 0 aliphatic carbocycles. The van der Waals surface area contributed by atoms with Gasteiger partial charge in [0, 0.05) is 19.3 Å². The summed E-state index contributed by atoms with van der Waals surface area (Å²) in [5, 5.41) is 9.81. The van der Waals surface area contributed by atoms with Crippen molar-refractivity contribution in [3.63, 3.8) is 0 Å². The number of rotatable bonds is 58. The summed E-state index contributed by atoms with van der Waals surface area (Å²) in [5.74, 6) is -1.45. The van der Waals surface area contributed by atoms with Crippen LogP contribution in [-0.4, -0.2) is 66.5 Å². The molecule has 0 saturated carbocycles. The van der Waals surface area contributed by atoms with E-state index in [1.54, 1.807) is 0 Å². The highest BCUT2D eigenvalue weighted by Crippen LogP contribution is 2.43. The molecule has 2 N–H and O–H groups in total. The summed E-state index contributed by atoms with van der Waals surface area (Å²) >= 11 is 0. The molecule has 0 fully saturated rings. The fourth-order valence-corrected chi connectivity index (χ4v) is 9.62. The summed E-state index contributed by atoms with van der Waals surface area (Å²) in [6, 6.07) is 0. The van der Waals surface area contributed by atoms with Crippen LogP contribution in [0.4, 0.5) is 0 Å². The first-order valence-electron chi connectivity index (χ1n) is 30.9. The summed E-state index contributed by atoms with van der Waals surface area (Å²) in [6.45, 7) is 4.65. The minimum absolute atomic E-state index is 0.171. The van der Waals surface area contributed by atoms with Crippen molar-refractivity contribution in [2.75, 3.05) is 26.4 Å². The van der Waals surface area contributed by atoms with Gasteiger partial charge in [-0.3, -0.25) is 23.4 Å². The maximum atomic E-state index is 12.9. The first kappa shape index (κ1) is 71.7. The van der Waals surface area contributed by atoms with Crippen LogP contribution in [0.5, 0.6) is 0 Å². The van der Waals surface area contributed by atoms with Gasteiger partial charge in [-0.2, -0.15) is 0 Å². The number of aliphatic hydroxyl groups is 1. The van der Waals surface area contributed by atoms with Gasteiger partial charge < -0.3 is 24.2 Å². The molecule has 12 heteroatoms. The second-order valence-corrected chi connectivity index (χ2v) is 22.3. The lowest BCUT2D eigenvalue weighted by Gasteiger charge is -2.21. The molecule has 3 atom stereocenters. The zero-order valence-electron chi connectivity index (χ0n) is 48.1. The van der Waals surface area contributed by atoms with E-state index in [-0.39, 0.29) is 25.9 Å². The van der Waals surface area contributed by atoms with Gasteiger partial charge >= 0.3 is 25.7 Å². The molecule has 0 bridgehead atoms. The molecule has 0 rings (SSSR count). The van der Waals surface area contributed by atoms with E-state index in [0.29, 0.717) is 19.3 Å². The molecule has 0 saturated heterocycles. The van der Waals surface area contributed by atoms with Gasteiger partial charge in [-0.25, -0.2) is 4.57 Å². The first-order valence-corrected chi connectivity index (χ1v) is 32.4. The molecule has 0 amide bonds. The van der Waals surface area contributed by atoms with Gasteiger partial charge in [0.2, 0.25) is 0 Å². The highest BCUT2D eigenvalue weighted by molar-refractivity contribution is 7.47. The number of aliphatic hydroxyl groups excluding tert-OH is 1. The Morgan fingerprint density at radius 1 is 0.378 bits per heavy atom.